The number of aryl methyl sites for hydroxylation is 3. The van der Waals surface area contributed by atoms with Gasteiger partial charge in [-0.2, -0.15) is 0 Å². The van der Waals surface area contributed by atoms with E-state index in [9.17, 15) is 0 Å². The second kappa shape index (κ2) is 13.8. The van der Waals surface area contributed by atoms with Crippen molar-refractivity contribution in [3.8, 4) is 39.3 Å². The molecule has 0 unspecified atom stereocenters. The summed E-state index contributed by atoms with van der Waals surface area (Å²) in [6.07, 6.45) is 4.77. The molecule has 3 aliphatic rings. The summed E-state index contributed by atoms with van der Waals surface area (Å²) in [6, 6.07) is 53.1. The van der Waals surface area contributed by atoms with E-state index in [0.29, 0.717) is 0 Å². The molecule has 2 aliphatic carbocycles. The number of imidazole rings is 1. The van der Waals surface area contributed by atoms with Crippen LogP contribution in [0.3, 0.4) is 0 Å². The normalized spacial score (nSPS) is 14.7. The lowest BCUT2D eigenvalue weighted by Gasteiger charge is -2.29. The van der Waals surface area contributed by atoms with Crippen LogP contribution in [0, 0.1) is 0 Å². The van der Waals surface area contributed by atoms with E-state index in [2.05, 4.69) is 196 Å². The van der Waals surface area contributed by atoms with Crippen LogP contribution in [0.1, 0.15) is 75.3 Å². The molecule has 6 heteroatoms. The van der Waals surface area contributed by atoms with Crippen molar-refractivity contribution in [1.82, 2.24) is 14.1 Å². The highest BCUT2D eigenvalue weighted by Gasteiger charge is 2.43. The maximum atomic E-state index is 5.37. The molecule has 324 valence electrons. The summed E-state index contributed by atoms with van der Waals surface area (Å²) in [4.78, 5) is 5.37. The lowest BCUT2D eigenvalue weighted by atomic mass is 9.57. The van der Waals surface area contributed by atoms with Crippen molar-refractivity contribution in [2.24, 2.45) is 7.05 Å². The third-order valence-electron chi connectivity index (χ3n) is 15.8. The van der Waals surface area contributed by atoms with Crippen LogP contribution < -0.4 is 16.2 Å². The van der Waals surface area contributed by atoms with E-state index in [0.717, 1.165) is 53.9 Å². The number of nitrogens with one attached hydrogen (secondary N) is 1. The van der Waals surface area contributed by atoms with Crippen molar-refractivity contribution in [2.75, 3.05) is 5.32 Å². The second-order valence-electron chi connectivity index (χ2n) is 21.1. The van der Waals surface area contributed by atoms with Crippen molar-refractivity contribution >= 4 is 93.9 Å². The van der Waals surface area contributed by atoms with Crippen molar-refractivity contribution in [1.29, 1.82) is 0 Å². The van der Waals surface area contributed by atoms with Crippen LogP contribution in [0.4, 0.5) is 11.4 Å². The van der Waals surface area contributed by atoms with Gasteiger partial charge >= 0.3 is 0 Å². The van der Waals surface area contributed by atoms with Crippen LogP contribution in [-0.2, 0) is 30.7 Å². The zero-order valence-corrected chi connectivity index (χ0v) is 39.9. The summed E-state index contributed by atoms with van der Waals surface area (Å²) in [6.45, 7) is 11.8. The molecule has 0 fully saturated rings. The third kappa shape index (κ3) is 5.57. The summed E-state index contributed by atoms with van der Waals surface area (Å²) in [5.74, 6) is 0.993. The molecular formula is C61H51BN4S. The number of hydrogen-bond donors (Lipinski definition) is 1. The zero-order chi connectivity index (χ0) is 45.1. The Morgan fingerprint density at radius 3 is 2.24 bits per heavy atom. The maximum Gasteiger partial charge on any atom is 0.198 e. The van der Waals surface area contributed by atoms with Gasteiger partial charge in [-0.15, -0.1) is 11.3 Å². The Balaban J connectivity index is 1.14. The fourth-order valence-corrected chi connectivity index (χ4v) is 13.6. The monoisotopic (exact) mass is 882 g/mol. The maximum absolute atomic E-state index is 5.37. The largest absolute Gasteiger partial charge is 0.355 e. The molecule has 0 spiro atoms. The van der Waals surface area contributed by atoms with Gasteiger partial charge < -0.3 is 14.5 Å². The standard InChI is InChI=1S/C61H51BN4S/c1-60(2,3)37-24-26-38(27-25-37)63-46-32-52-41(39-20-13-15-23-51(39)67-52)30-42(46)54-53-40-21-12-14-22-44(40)61(4,5)56(53)55-43-28-35-18-10-11-19-36(35)29-48(43)66-49-33-50-47(31-45(49)62-57(54)58(55)66)64-59(65(50)6)34-16-8-7-9-17-34/h7-9,12-17,20-33,62-63H,10-11,18-19H2,1-6H3. The van der Waals surface area contributed by atoms with Crippen LogP contribution >= 0.6 is 11.3 Å². The van der Waals surface area contributed by atoms with Crippen LogP contribution in [0.5, 0.6) is 0 Å². The Bertz CT molecular complexity index is 3930. The number of anilines is 2. The third-order valence-corrected chi connectivity index (χ3v) is 16.9. The molecule has 0 radical (unpaired) electrons. The van der Waals surface area contributed by atoms with E-state index in [1.54, 1.807) is 0 Å². The number of benzene rings is 8. The van der Waals surface area contributed by atoms with Crippen molar-refractivity contribution in [3.63, 3.8) is 0 Å². The minimum Gasteiger partial charge on any atom is -0.355 e. The molecular weight excluding hydrogens is 832 g/mol. The molecule has 4 heterocycles. The van der Waals surface area contributed by atoms with Crippen LogP contribution in [0.25, 0.3) is 92.3 Å². The van der Waals surface area contributed by atoms with Crippen LogP contribution in [0.2, 0.25) is 0 Å². The summed E-state index contributed by atoms with van der Waals surface area (Å²) >= 11 is 1.89. The van der Waals surface area contributed by atoms with E-state index in [1.165, 1.54) is 122 Å². The first-order chi connectivity index (χ1) is 32.5. The van der Waals surface area contributed by atoms with Gasteiger partial charge in [-0.25, -0.2) is 4.98 Å². The highest BCUT2D eigenvalue weighted by atomic mass is 32.1. The van der Waals surface area contributed by atoms with Crippen molar-refractivity contribution in [2.45, 2.75) is 71.1 Å². The molecule has 4 nitrogen and oxygen atoms in total. The number of rotatable bonds is 4. The Kier molecular flexibility index (Phi) is 8.12. The molecule has 0 atom stereocenters. The fourth-order valence-electron chi connectivity index (χ4n) is 12.5. The summed E-state index contributed by atoms with van der Waals surface area (Å²) in [7, 11) is 2.98. The van der Waals surface area contributed by atoms with Gasteiger partial charge in [0.1, 0.15) is 5.82 Å². The van der Waals surface area contributed by atoms with Gasteiger partial charge in [-0.1, -0.05) is 125 Å². The Morgan fingerprint density at radius 2 is 1.43 bits per heavy atom. The Labute approximate surface area is 396 Å². The Hall–Kier alpha value is -6.89. The zero-order valence-electron chi connectivity index (χ0n) is 39.1. The number of aromatic nitrogens is 3. The molecule has 0 amide bonds. The molecule has 1 aliphatic heterocycles. The van der Waals surface area contributed by atoms with Crippen molar-refractivity contribution < 1.29 is 0 Å². The quantitative estimate of drug-likeness (QED) is 0.179. The van der Waals surface area contributed by atoms with Gasteiger partial charge in [0, 0.05) is 77.1 Å². The first-order valence-electron chi connectivity index (χ1n) is 24.2. The molecule has 0 saturated heterocycles. The SMILES string of the molecule is Cn1c(-c2ccccc2)nc2cc3c(cc21)-n1c2cc4c(cc2c2c5c(c(-c6cc7c(cc6Nc6ccc(C(C)(C)C)cc6)sc6ccccc67)c(c21)B3)-c1ccccc1C5(C)C)CCCC4. The van der Waals surface area contributed by atoms with E-state index in [1.807, 2.05) is 11.3 Å². The molecule has 14 rings (SSSR count). The molecule has 1 N–H and O–H groups in total. The molecule has 3 aromatic heterocycles. The van der Waals surface area contributed by atoms with E-state index in [-0.39, 0.29) is 10.8 Å². The van der Waals surface area contributed by atoms with Gasteiger partial charge in [0.2, 0.25) is 0 Å². The first kappa shape index (κ1) is 39.3. The fraction of sp³-hybridized carbons (Fsp3) is 0.197. The molecule has 8 aromatic carbocycles. The highest BCUT2D eigenvalue weighted by molar-refractivity contribution is 7.25. The second-order valence-corrected chi connectivity index (χ2v) is 22.2. The predicted molar refractivity (Wildman–Crippen MR) is 288 cm³/mol. The summed E-state index contributed by atoms with van der Waals surface area (Å²) < 4.78 is 7.60. The van der Waals surface area contributed by atoms with E-state index < -0.39 is 0 Å². The van der Waals surface area contributed by atoms with Crippen molar-refractivity contribution in [3.05, 3.63) is 167 Å². The summed E-state index contributed by atoms with van der Waals surface area (Å²) in [5, 5.41) is 9.51. The first-order valence-corrected chi connectivity index (χ1v) is 25.0. The average Bonchev–Trinajstić information content (AvgIpc) is 4.04. The van der Waals surface area contributed by atoms with Crippen LogP contribution in [0.15, 0.2) is 140 Å². The average molecular weight is 883 g/mol. The van der Waals surface area contributed by atoms with Gasteiger partial charge in [0.15, 0.2) is 7.28 Å². The smallest absolute Gasteiger partial charge is 0.198 e. The minimum absolute atomic E-state index is 0.0660. The number of thiophene rings is 1. The van der Waals surface area contributed by atoms with Gasteiger partial charge in [-0.05, 0) is 136 Å². The van der Waals surface area contributed by atoms with Crippen LogP contribution in [-0.4, -0.2) is 21.4 Å². The molecule has 0 saturated carbocycles. The predicted octanol–water partition coefficient (Wildman–Crippen LogP) is 14.3. The lowest BCUT2D eigenvalue weighted by Crippen LogP contribution is -2.38. The highest BCUT2D eigenvalue weighted by Crippen LogP contribution is 2.58. The number of nitrogens with zero attached hydrogens (tertiary/aromatic N) is 3. The molecule has 0 bridgehead atoms. The molecule has 11 aromatic rings. The van der Waals surface area contributed by atoms with Gasteiger partial charge in [0.25, 0.3) is 0 Å². The topological polar surface area (TPSA) is 34.8 Å². The van der Waals surface area contributed by atoms with Gasteiger partial charge in [-0.3, -0.25) is 0 Å². The number of hydrogen-bond acceptors (Lipinski definition) is 3. The number of fused-ring (bicyclic) bond motifs is 14. The molecule has 67 heavy (non-hydrogen) atoms. The van der Waals surface area contributed by atoms with E-state index >= 15 is 0 Å². The summed E-state index contributed by atoms with van der Waals surface area (Å²) in [5.41, 5.74) is 24.6. The van der Waals surface area contributed by atoms with Gasteiger partial charge in [0.05, 0.1) is 16.6 Å². The van der Waals surface area contributed by atoms with E-state index in [4.69, 9.17) is 4.98 Å². The minimum atomic E-state index is -0.249. The lowest BCUT2D eigenvalue weighted by molar-refractivity contribution is 0.590. The Morgan fingerprint density at radius 1 is 0.687 bits per heavy atom.